The van der Waals surface area contributed by atoms with Crippen LogP contribution in [-0.2, 0) is 4.74 Å². The summed E-state index contributed by atoms with van der Waals surface area (Å²) in [5.74, 6) is 0. The van der Waals surface area contributed by atoms with E-state index >= 15 is 0 Å². The molecule has 1 saturated heterocycles. The van der Waals surface area contributed by atoms with E-state index in [9.17, 15) is 4.79 Å². The highest BCUT2D eigenvalue weighted by molar-refractivity contribution is 5.70. The van der Waals surface area contributed by atoms with Crippen LogP contribution in [0.2, 0.25) is 0 Å². The molecule has 0 bridgehead atoms. The summed E-state index contributed by atoms with van der Waals surface area (Å²) in [5.41, 5.74) is 0.908. The fraction of sp³-hybridized carbons (Fsp3) is 0.444. The first-order valence-electron chi connectivity index (χ1n) is 3.88. The predicted octanol–water partition coefficient (Wildman–Crippen LogP) is 1.57. The van der Waals surface area contributed by atoms with Crippen LogP contribution < -0.4 is 0 Å². The van der Waals surface area contributed by atoms with Gasteiger partial charge >= 0.3 is 6.09 Å². The van der Waals surface area contributed by atoms with Gasteiger partial charge in [-0.15, -0.1) is 0 Å². The number of hydrogen-bond acceptors (Lipinski definition) is 2. The average molecular weight is 167 g/mol. The molecule has 1 atom stereocenters. The number of nitrogens with zero attached hydrogens (tertiary/aromatic N) is 1. The van der Waals surface area contributed by atoms with Gasteiger partial charge in [-0.3, -0.25) is 0 Å². The van der Waals surface area contributed by atoms with Crippen LogP contribution in [0.15, 0.2) is 24.3 Å². The van der Waals surface area contributed by atoms with Crippen molar-refractivity contribution in [2.24, 2.45) is 0 Å². The van der Waals surface area contributed by atoms with Crippen LogP contribution in [0.4, 0.5) is 4.79 Å². The monoisotopic (exact) mass is 167 g/mol. The fourth-order valence-electron chi connectivity index (χ4n) is 1.17. The Hall–Kier alpha value is -1.25. The Morgan fingerprint density at radius 2 is 2.50 bits per heavy atom. The van der Waals surface area contributed by atoms with E-state index in [1.165, 1.54) is 0 Å². The lowest BCUT2D eigenvalue weighted by Gasteiger charge is -2.15. The van der Waals surface area contributed by atoms with Gasteiger partial charge in [0.15, 0.2) is 0 Å². The van der Waals surface area contributed by atoms with Crippen molar-refractivity contribution in [2.75, 3.05) is 13.7 Å². The molecule has 1 aliphatic heterocycles. The molecule has 1 rings (SSSR count). The van der Waals surface area contributed by atoms with Crippen LogP contribution >= 0.6 is 0 Å². The first-order valence-corrected chi connectivity index (χ1v) is 3.88. The van der Waals surface area contributed by atoms with Crippen molar-refractivity contribution in [2.45, 2.75) is 13.0 Å². The SMILES string of the molecule is C=C(/C=C\C)C1COC(=O)N1C. The second-order valence-corrected chi connectivity index (χ2v) is 2.78. The zero-order valence-electron chi connectivity index (χ0n) is 7.41. The molecule has 0 aromatic heterocycles. The molecule has 1 unspecified atom stereocenters. The number of carbonyl (C=O) groups excluding carboxylic acids is 1. The van der Waals surface area contributed by atoms with Gasteiger partial charge in [-0.1, -0.05) is 18.7 Å². The minimum atomic E-state index is -0.273. The lowest BCUT2D eigenvalue weighted by atomic mass is 10.1. The molecule has 0 aromatic carbocycles. The van der Waals surface area contributed by atoms with Crippen LogP contribution in [0.25, 0.3) is 0 Å². The zero-order chi connectivity index (χ0) is 9.14. The van der Waals surface area contributed by atoms with Gasteiger partial charge in [0.2, 0.25) is 0 Å². The molecule has 3 heteroatoms. The standard InChI is InChI=1S/C9H13NO2/c1-4-5-7(2)8-6-12-9(11)10(8)3/h4-5,8H,2,6H2,1,3H3/b5-4-. The Balaban J connectivity index is 2.65. The van der Waals surface area contributed by atoms with E-state index in [-0.39, 0.29) is 12.1 Å². The number of allylic oxidation sites excluding steroid dienone is 1. The average Bonchev–Trinajstić information content (AvgIpc) is 2.34. The van der Waals surface area contributed by atoms with E-state index in [0.717, 1.165) is 5.57 Å². The fourth-order valence-corrected chi connectivity index (χ4v) is 1.17. The summed E-state index contributed by atoms with van der Waals surface area (Å²) in [5, 5.41) is 0. The molecule has 3 nitrogen and oxygen atoms in total. The molecular formula is C9H13NO2. The topological polar surface area (TPSA) is 29.5 Å². The van der Waals surface area contributed by atoms with E-state index in [1.807, 2.05) is 19.1 Å². The van der Waals surface area contributed by atoms with Gasteiger partial charge in [0.25, 0.3) is 0 Å². The van der Waals surface area contributed by atoms with Gasteiger partial charge in [0.1, 0.15) is 6.61 Å². The van der Waals surface area contributed by atoms with Crippen molar-refractivity contribution in [3.63, 3.8) is 0 Å². The number of likely N-dealkylation sites (N-methyl/N-ethyl adjacent to an activating group) is 1. The first kappa shape index (κ1) is 8.84. The summed E-state index contributed by atoms with van der Waals surface area (Å²) in [4.78, 5) is 12.5. The van der Waals surface area contributed by atoms with Crippen molar-refractivity contribution >= 4 is 6.09 Å². The Kier molecular flexibility index (Phi) is 2.53. The molecule has 0 spiro atoms. The van der Waals surface area contributed by atoms with Gasteiger partial charge in [-0.2, -0.15) is 0 Å². The van der Waals surface area contributed by atoms with Crippen LogP contribution in [0.1, 0.15) is 6.92 Å². The third-order valence-electron chi connectivity index (χ3n) is 1.93. The number of carbonyl (C=O) groups is 1. The van der Waals surface area contributed by atoms with Gasteiger partial charge < -0.3 is 9.64 Å². The highest BCUT2D eigenvalue weighted by Crippen LogP contribution is 2.16. The second-order valence-electron chi connectivity index (χ2n) is 2.78. The molecule has 12 heavy (non-hydrogen) atoms. The van der Waals surface area contributed by atoms with E-state index in [1.54, 1.807) is 11.9 Å². The predicted molar refractivity (Wildman–Crippen MR) is 46.9 cm³/mol. The minimum absolute atomic E-state index is 0.00806. The van der Waals surface area contributed by atoms with E-state index in [2.05, 4.69) is 6.58 Å². The molecule has 66 valence electrons. The minimum Gasteiger partial charge on any atom is -0.447 e. The summed E-state index contributed by atoms with van der Waals surface area (Å²) in [7, 11) is 1.72. The smallest absolute Gasteiger partial charge is 0.410 e. The molecule has 1 aliphatic rings. The van der Waals surface area contributed by atoms with Crippen molar-refractivity contribution < 1.29 is 9.53 Å². The largest absolute Gasteiger partial charge is 0.447 e. The van der Waals surface area contributed by atoms with Crippen molar-refractivity contribution in [1.82, 2.24) is 4.90 Å². The quantitative estimate of drug-likeness (QED) is 0.584. The number of cyclic esters (lactones) is 1. The Morgan fingerprint density at radius 1 is 1.83 bits per heavy atom. The maximum atomic E-state index is 10.9. The lowest BCUT2D eigenvalue weighted by Crippen LogP contribution is -2.30. The van der Waals surface area contributed by atoms with Crippen molar-refractivity contribution in [3.8, 4) is 0 Å². The highest BCUT2D eigenvalue weighted by Gasteiger charge is 2.30. The maximum absolute atomic E-state index is 10.9. The number of hydrogen-bond donors (Lipinski definition) is 0. The Morgan fingerprint density at radius 3 is 2.92 bits per heavy atom. The van der Waals surface area contributed by atoms with Crippen LogP contribution in [0.3, 0.4) is 0 Å². The van der Waals surface area contributed by atoms with Gasteiger partial charge in [0, 0.05) is 7.05 Å². The van der Waals surface area contributed by atoms with Crippen LogP contribution in [-0.4, -0.2) is 30.7 Å². The molecule has 0 aliphatic carbocycles. The summed E-state index contributed by atoms with van der Waals surface area (Å²) in [6.45, 7) is 6.19. The molecule has 0 aromatic rings. The normalized spacial score (nSPS) is 23.3. The summed E-state index contributed by atoms with van der Waals surface area (Å²) in [6.07, 6.45) is 3.52. The first-order chi connectivity index (χ1) is 5.66. The molecule has 0 saturated carbocycles. The summed E-state index contributed by atoms with van der Waals surface area (Å²) < 4.78 is 4.84. The Labute approximate surface area is 72.3 Å². The molecule has 1 amide bonds. The van der Waals surface area contributed by atoms with Gasteiger partial charge in [0.05, 0.1) is 6.04 Å². The highest BCUT2D eigenvalue weighted by atomic mass is 16.6. The van der Waals surface area contributed by atoms with Crippen LogP contribution in [0, 0.1) is 0 Å². The van der Waals surface area contributed by atoms with Gasteiger partial charge in [-0.05, 0) is 12.5 Å². The molecular weight excluding hydrogens is 154 g/mol. The molecule has 0 N–H and O–H groups in total. The Bertz CT molecular complexity index is 233. The van der Waals surface area contributed by atoms with Crippen LogP contribution in [0.5, 0.6) is 0 Å². The van der Waals surface area contributed by atoms with Crippen molar-refractivity contribution in [1.29, 1.82) is 0 Å². The summed E-state index contributed by atoms with van der Waals surface area (Å²) >= 11 is 0. The van der Waals surface area contributed by atoms with E-state index < -0.39 is 0 Å². The van der Waals surface area contributed by atoms with E-state index in [0.29, 0.717) is 6.61 Å². The number of rotatable bonds is 2. The second kappa shape index (κ2) is 3.43. The third-order valence-corrected chi connectivity index (χ3v) is 1.93. The number of amides is 1. The zero-order valence-corrected chi connectivity index (χ0v) is 7.41. The number of ether oxygens (including phenoxy) is 1. The van der Waals surface area contributed by atoms with E-state index in [4.69, 9.17) is 4.74 Å². The summed E-state index contributed by atoms with van der Waals surface area (Å²) in [6, 6.07) is 0.00806. The molecule has 1 fully saturated rings. The lowest BCUT2D eigenvalue weighted by molar-refractivity contribution is 0.163. The maximum Gasteiger partial charge on any atom is 0.410 e. The third kappa shape index (κ3) is 1.49. The molecule has 1 heterocycles. The van der Waals surface area contributed by atoms with Crippen molar-refractivity contribution in [3.05, 3.63) is 24.3 Å². The van der Waals surface area contributed by atoms with Gasteiger partial charge in [-0.25, -0.2) is 4.79 Å². The molecule has 0 radical (unpaired) electrons.